The Labute approximate surface area is 132 Å². The average molecular weight is 331 g/mol. The maximum absolute atomic E-state index is 12.6. The molecule has 0 spiro atoms. The van der Waals surface area contributed by atoms with Crippen LogP contribution < -0.4 is 5.32 Å². The van der Waals surface area contributed by atoms with Crippen LogP contribution in [0.3, 0.4) is 0 Å². The van der Waals surface area contributed by atoms with E-state index in [0.717, 1.165) is 12.0 Å². The van der Waals surface area contributed by atoms with Crippen LogP contribution in [0.5, 0.6) is 0 Å². The van der Waals surface area contributed by atoms with Gasteiger partial charge < -0.3 is 5.32 Å². The molecule has 1 aliphatic rings. The van der Waals surface area contributed by atoms with Crippen molar-refractivity contribution in [3.8, 4) is 0 Å². The molecule has 0 aromatic heterocycles. The van der Waals surface area contributed by atoms with E-state index in [2.05, 4.69) is 5.32 Å². The topological polar surface area (TPSA) is 49.4 Å². The van der Waals surface area contributed by atoms with Crippen LogP contribution in [-0.2, 0) is 16.6 Å². The monoisotopic (exact) mass is 330 g/mol. The molecule has 0 unspecified atom stereocenters. The molecule has 0 aliphatic heterocycles. The largest absolute Gasteiger partial charge is 0.310 e. The Morgan fingerprint density at radius 1 is 1.33 bits per heavy atom. The summed E-state index contributed by atoms with van der Waals surface area (Å²) in [5, 5.41) is 3.98. The molecule has 0 heterocycles. The van der Waals surface area contributed by atoms with Crippen LogP contribution in [0.25, 0.3) is 0 Å². The van der Waals surface area contributed by atoms with Crippen LogP contribution in [0.15, 0.2) is 23.1 Å². The Morgan fingerprint density at radius 3 is 2.62 bits per heavy atom. The normalized spacial score (nSPS) is 15.6. The third-order valence-electron chi connectivity index (χ3n) is 3.64. The van der Waals surface area contributed by atoms with Gasteiger partial charge in [0.25, 0.3) is 0 Å². The molecular weight excluding hydrogens is 308 g/mol. The van der Waals surface area contributed by atoms with E-state index in [1.54, 1.807) is 18.2 Å². The fourth-order valence-electron chi connectivity index (χ4n) is 2.24. The number of benzene rings is 1. The van der Waals surface area contributed by atoms with Crippen molar-refractivity contribution in [3.63, 3.8) is 0 Å². The van der Waals surface area contributed by atoms with Crippen molar-refractivity contribution in [1.82, 2.24) is 9.62 Å². The second-order valence-corrected chi connectivity index (χ2v) is 7.75. The number of hydrogen-bond donors (Lipinski definition) is 1. The highest BCUT2D eigenvalue weighted by molar-refractivity contribution is 7.89. The first-order valence-electron chi connectivity index (χ1n) is 7.51. The molecule has 0 radical (unpaired) electrons. The molecule has 1 aromatic carbocycles. The van der Waals surface area contributed by atoms with Crippen molar-refractivity contribution in [2.24, 2.45) is 0 Å². The lowest BCUT2D eigenvalue weighted by Gasteiger charge is -2.20. The van der Waals surface area contributed by atoms with Gasteiger partial charge in [0.1, 0.15) is 0 Å². The van der Waals surface area contributed by atoms with Gasteiger partial charge in [-0.1, -0.05) is 25.4 Å². The second kappa shape index (κ2) is 7.09. The highest BCUT2D eigenvalue weighted by Gasteiger charge is 2.24. The van der Waals surface area contributed by atoms with E-state index < -0.39 is 10.0 Å². The highest BCUT2D eigenvalue weighted by Crippen LogP contribution is 2.25. The Morgan fingerprint density at radius 2 is 2.05 bits per heavy atom. The standard InChI is InChI=1S/C15H23ClN2O2S/c1-3-9-18(4-2)21(19,20)14-7-8-15(16)12(10-14)11-17-13-5-6-13/h7-8,10,13,17H,3-6,9,11H2,1-2H3. The van der Waals surface area contributed by atoms with Gasteiger partial charge >= 0.3 is 0 Å². The Hall–Kier alpha value is -0.620. The first kappa shape index (κ1) is 16.7. The quantitative estimate of drug-likeness (QED) is 0.797. The van der Waals surface area contributed by atoms with Crippen LogP contribution >= 0.6 is 11.6 Å². The molecule has 0 atom stereocenters. The van der Waals surface area contributed by atoms with E-state index in [0.29, 0.717) is 35.6 Å². The molecule has 1 saturated carbocycles. The van der Waals surface area contributed by atoms with E-state index in [1.165, 1.54) is 17.1 Å². The van der Waals surface area contributed by atoms with Crippen molar-refractivity contribution < 1.29 is 8.42 Å². The summed E-state index contributed by atoms with van der Waals surface area (Å²) in [5.74, 6) is 0. The molecule has 118 valence electrons. The minimum atomic E-state index is -3.43. The zero-order chi connectivity index (χ0) is 15.5. The summed E-state index contributed by atoms with van der Waals surface area (Å²) >= 11 is 6.18. The number of rotatable bonds is 8. The number of hydrogen-bond acceptors (Lipinski definition) is 3. The van der Waals surface area contributed by atoms with Gasteiger partial charge in [0.05, 0.1) is 4.90 Å². The molecule has 2 rings (SSSR count). The van der Waals surface area contributed by atoms with E-state index >= 15 is 0 Å². The fraction of sp³-hybridized carbons (Fsp3) is 0.600. The highest BCUT2D eigenvalue weighted by atomic mass is 35.5. The van der Waals surface area contributed by atoms with Gasteiger partial charge in [-0.25, -0.2) is 8.42 Å². The third-order valence-corrected chi connectivity index (χ3v) is 5.98. The van der Waals surface area contributed by atoms with Crippen LogP contribution in [0.2, 0.25) is 5.02 Å². The van der Waals surface area contributed by atoms with Crippen LogP contribution in [0.1, 0.15) is 38.7 Å². The van der Waals surface area contributed by atoms with Crippen molar-refractivity contribution in [2.75, 3.05) is 13.1 Å². The van der Waals surface area contributed by atoms with Crippen LogP contribution in [-0.4, -0.2) is 31.9 Å². The first-order valence-corrected chi connectivity index (χ1v) is 9.32. The van der Waals surface area contributed by atoms with Crippen LogP contribution in [0.4, 0.5) is 0 Å². The zero-order valence-corrected chi connectivity index (χ0v) is 14.2. The Bertz CT molecular complexity index is 585. The Kier molecular flexibility index (Phi) is 5.66. The molecule has 1 aliphatic carbocycles. The van der Waals surface area contributed by atoms with Crippen molar-refractivity contribution in [1.29, 1.82) is 0 Å². The molecule has 1 fully saturated rings. The molecule has 21 heavy (non-hydrogen) atoms. The molecule has 4 nitrogen and oxygen atoms in total. The number of nitrogens with one attached hydrogen (secondary N) is 1. The summed E-state index contributed by atoms with van der Waals surface area (Å²) in [6.07, 6.45) is 3.18. The lowest BCUT2D eigenvalue weighted by molar-refractivity contribution is 0.427. The summed E-state index contributed by atoms with van der Waals surface area (Å²) in [5.41, 5.74) is 0.845. The minimum Gasteiger partial charge on any atom is -0.310 e. The van der Waals surface area contributed by atoms with Gasteiger partial charge in [-0.15, -0.1) is 0 Å². The van der Waals surface area contributed by atoms with E-state index in [-0.39, 0.29) is 0 Å². The smallest absolute Gasteiger partial charge is 0.243 e. The first-order chi connectivity index (χ1) is 9.98. The lowest BCUT2D eigenvalue weighted by Crippen LogP contribution is -2.31. The number of nitrogens with zero attached hydrogens (tertiary/aromatic N) is 1. The summed E-state index contributed by atoms with van der Waals surface area (Å²) in [4.78, 5) is 0.329. The lowest BCUT2D eigenvalue weighted by atomic mass is 10.2. The fourth-order valence-corrected chi connectivity index (χ4v) is 4.01. The van der Waals surface area contributed by atoms with Crippen molar-refractivity contribution in [2.45, 2.75) is 50.6 Å². The summed E-state index contributed by atoms with van der Waals surface area (Å²) in [6.45, 7) is 5.47. The predicted molar refractivity (Wildman–Crippen MR) is 86.0 cm³/mol. The zero-order valence-electron chi connectivity index (χ0n) is 12.6. The maximum Gasteiger partial charge on any atom is 0.243 e. The van der Waals surface area contributed by atoms with Gasteiger partial charge in [0.15, 0.2) is 0 Å². The summed E-state index contributed by atoms with van der Waals surface area (Å²) in [7, 11) is -3.43. The summed E-state index contributed by atoms with van der Waals surface area (Å²) in [6, 6.07) is 5.54. The molecule has 0 amide bonds. The minimum absolute atomic E-state index is 0.329. The molecule has 0 bridgehead atoms. The SMILES string of the molecule is CCCN(CC)S(=O)(=O)c1ccc(Cl)c(CNC2CC2)c1. The van der Waals surface area contributed by atoms with E-state index in [4.69, 9.17) is 11.6 Å². The molecule has 6 heteroatoms. The molecule has 1 N–H and O–H groups in total. The third kappa shape index (κ3) is 4.19. The van der Waals surface area contributed by atoms with E-state index in [1.807, 2.05) is 13.8 Å². The molecule has 0 saturated heterocycles. The van der Waals surface area contributed by atoms with E-state index in [9.17, 15) is 8.42 Å². The summed E-state index contributed by atoms with van der Waals surface area (Å²) < 4.78 is 26.8. The van der Waals surface area contributed by atoms with Gasteiger partial charge in [-0.3, -0.25) is 0 Å². The molecular formula is C15H23ClN2O2S. The number of halogens is 1. The Balaban J connectivity index is 2.23. The van der Waals surface area contributed by atoms with Crippen molar-refractivity contribution >= 4 is 21.6 Å². The van der Waals surface area contributed by atoms with Gasteiger partial charge in [0, 0.05) is 30.7 Å². The number of sulfonamides is 1. The van der Waals surface area contributed by atoms with Gasteiger partial charge in [0.2, 0.25) is 10.0 Å². The van der Waals surface area contributed by atoms with Gasteiger partial charge in [-0.2, -0.15) is 4.31 Å². The molecule has 1 aromatic rings. The second-order valence-electron chi connectivity index (χ2n) is 5.41. The maximum atomic E-state index is 12.6. The average Bonchev–Trinajstić information content (AvgIpc) is 3.27. The van der Waals surface area contributed by atoms with Gasteiger partial charge in [-0.05, 0) is 43.0 Å². The van der Waals surface area contributed by atoms with Crippen LogP contribution in [0, 0.1) is 0 Å². The van der Waals surface area contributed by atoms with Crippen molar-refractivity contribution in [3.05, 3.63) is 28.8 Å². The predicted octanol–water partition coefficient (Wildman–Crippen LogP) is 3.01.